The predicted molar refractivity (Wildman–Crippen MR) is 132 cm³/mol. The predicted octanol–water partition coefficient (Wildman–Crippen LogP) is 3.66. The van der Waals surface area contributed by atoms with Crippen LogP contribution >= 0.6 is 23.2 Å². The third kappa shape index (κ3) is 5.40. The van der Waals surface area contributed by atoms with Gasteiger partial charge in [0.05, 0.1) is 35.7 Å². The number of anilines is 1. The zero-order valence-electron chi connectivity index (χ0n) is 18.9. The fourth-order valence-corrected chi connectivity index (χ4v) is 5.16. The number of halogens is 2. The number of carbonyl (C=O) groups excluding carboxylic acids is 1. The molecular weight excluding hydrogens is 443 g/mol. The normalized spacial score (nSPS) is 19.2. The van der Waals surface area contributed by atoms with Gasteiger partial charge in [0.2, 0.25) is 0 Å². The Bertz CT molecular complexity index is 915. The van der Waals surface area contributed by atoms with Crippen LogP contribution in [-0.2, 0) is 6.54 Å². The molecule has 0 aromatic heterocycles. The summed E-state index contributed by atoms with van der Waals surface area (Å²) < 4.78 is 0. The average Bonchev–Trinajstić information content (AvgIpc) is 3.17. The molecule has 0 bridgehead atoms. The third-order valence-electron chi connectivity index (χ3n) is 6.73. The standard InChI is InChI=1S/C25H32Cl2N4O/c1-19(2)24(31-15-14-30(25(31)32)21-6-4-3-5-7-21)18-29-12-10-28(11-13-29)17-20-8-9-22(26)23(27)16-20/h3-9,16,19,24H,10-15,17-18H2,1-2H3/p+1. The Morgan fingerprint density at radius 3 is 2.31 bits per heavy atom. The van der Waals surface area contributed by atoms with Crippen molar-refractivity contribution >= 4 is 34.9 Å². The first-order valence-electron chi connectivity index (χ1n) is 11.6. The van der Waals surface area contributed by atoms with Gasteiger partial charge in [-0.15, -0.1) is 0 Å². The molecule has 2 heterocycles. The quantitative estimate of drug-likeness (QED) is 0.662. The summed E-state index contributed by atoms with van der Waals surface area (Å²) in [6.07, 6.45) is 0. The summed E-state index contributed by atoms with van der Waals surface area (Å²) in [7, 11) is 0. The molecule has 32 heavy (non-hydrogen) atoms. The first-order chi connectivity index (χ1) is 15.4. The minimum Gasteiger partial charge on any atom is -0.331 e. The van der Waals surface area contributed by atoms with E-state index in [1.807, 2.05) is 47.4 Å². The molecule has 2 aromatic rings. The lowest BCUT2D eigenvalue weighted by Gasteiger charge is -2.37. The molecule has 1 unspecified atom stereocenters. The van der Waals surface area contributed by atoms with Crippen LogP contribution in [0.3, 0.4) is 0 Å². The fourth-order valence-electron chi connectivity index (χ4n) is 4.84. The highest BCUT2D eigenvalue weighted by Gasteiger charge is 2.38. The van der Waals surface area contributed by atoms with Crippen LogP contribution in [0.15, 0.2) is 48.5 Å². The number of hydrogen-bond acceptors (Lipinski definition) is 2. The molecule has 4 rings (SSSR count). The van der Waals surface area contributed by atoms with E-state index in [9.17, 15) is 4.79 Å². The van der Waals surface area contributed by atoms with E-state index in [2.05, 4.69) is 29.7 Å². The van der Waals surface area contributed by atoms with Gasteiger partial charge in [0.25, 0.3) is 0 Å². The highest BCUT2D eigenvalue weighted by atomic mass is 35.5. The van der Waals surface area contributed by atoms with Crippen molar-refractivity contribution in [2.45, 2.75) is 26.4 Å². The Morgan fingerprint density at radius 2 is 1.66 bits per heavy atom. The van der Waals surface area contributed by atoms with Crippen LogP contribution in [-0.4, -0.2) is 67.7 Å². The molecule has 7 heteroatoms. The van der Waals surface area contributed by atoms with Crippen LogP contribution in [0.2, 0.25) is 10.0 Å². The van der Waals surface area contributed by atoms with E-state index in [1.54, 1.807) is 4.90 Å². The van der Waals surface area contributed by atoms with Gasteiger partial charge < -0.3 is 9.80 Å². The number of piperazine rings is 1. The van der Waals surface area contributed by atoms with Gasteiger partial charge in [-0.2, -0.15) is 0 Å². The zero-order valence-corrected chi connectivity index (χ0v) is 20.4. The molecule has 2 amide bonds. The van der Waals surface area contributed by atoms with Crippen LogP contribution in [0.25, 0.3) is 0 Å². The second kappa shape index (κ2) is 10.4. The first kappa shape index (κ1) is 23.4. The molecule has 2 fully saturated rings. The van der Waals surface area contributed by atoms with E-state index in [0.29, 0.717) is 16.0 Å². The summed E-state index contributed by atoms with van der Waals surface area (Å²) in [5, 5.41) is 1.22. The summed E-state index contributed by atoms with van der Waals surface area (Å²) >= 11 is 12.2. The molecule has 0 aliphatic carbocycles. The van der Waals surface area contributed by atoms with Crippen molar-refractivity contribution in [1.82, 2.24) is 9.80 Å². The largest absolute Gasteiger partial charge is 0.331 e. The summed E-state index contributed by atoms with van der Waals surface area (Å²) in [5.41, 5.74) is 2.19. The smallest absolute Gasteiger partial charge is 0.325 e. The van der Waals surface area contributed by atoms with E-state index in [4.69, 9.17) is 23.2 Å². The molecule has 2 aliphatic heterocycles. The summed E-state index contributed by atoms with van der Waals surface area (Å²) in [4.78, 5) is 21.3. The van der Waals surface area contributed by atoms with E-state index in [0.717, 1.165) is 58.0 Å². The van der Waals surface area contributed by atoms with Gasteiger partial charge in [-0.25, -0.2) is 4.79 Å². The minimum atomic E-state index is 0.146. The number of hydrogen-bond donors (Lipinski definition) is 1. The van der Waals surface area contributed by atoms with Gasteiger partial charge in [-0.3, -0.25) is 9.80 Å². The van der Waals surface area contributed by atoms with Crippen molar-refractivity contribution in [2.24, 2.45) is 5.92 Å². The number of para-hydroxylation sites is 1. The summed E-state index contributed by atoms with van der Waals surface area (Å²) in [6.45, 7) is 12.2. The molecule has 2 saturated heterocycles. The Morgan fingerprint density at radius 1 is 0.938 bits per heavy atom. The number of nitrogens with one attached hydrogen (secondary N) is 1. The molecule has 1 atom stereocenters. The lowest BCUT2D eigenvalue weighted by atomic mass is 10.0. The van der Waals surface area contributed by atoms with Crippen molar-refractivity contribution in [1.29, 1.82) is 0 Å². The maximum absolute atomic E-state index is 13.2. The summed E-state index contributed by atoms with van der Waals surface area (Å²) in [5.74, 6) is 0.427. The Kier molecular flexibility index (Phi) is 7.62. The van der Waals surface area contributed by atoms with Crippen LogP contribution in [0.5, 0.6) is 0 Å². The number of quaternary nitrogens is 1. The highest BCUT2D eigenvalue weighted by molar-refractivity contribution is 6.42. The lowest BCUT2D eigenvalue weighted by molar-refractivity contribution is -0.906. The van der Waals surface area contributed by atoms with Crippen molar-refractivity contribution in [3.05, 3.63) is 64.1 Å². The monoisotopic (exact) mass is 475 g/mol. The van der Waals surface area contributed by atoms with Crippen LogP contribution < -0.4 is 9.80 Å². The maximum Gasteiger partial charge on any atom is 0.325 e. The average molecular weight is 476 g/mol. The number of amides is 2. The number of carbonyl (C=O) groups is 1. The van der Waals surface area contributed by atoms with Gasteiger partial charge in [0.1, 0.15) is 0 Å². The molecule has 0 spiro atoms. The first-order valence-corrected chi connectivity index (χ1v) is 12.3. The van der Waals surface area contributed by atoms with Crippen molar-refractivity contribution in [3.63, 3.8) is 0 Å². The molecule has 0 saturated carbocycles. The fraction of sp³-hybridized carbons (Fsp3) is 0.480. The molecule has 2 aliphatic rings. The minimum absolute atomic E-state index is 0.146. The zero-order chi connectivity index (χ0) is 22.7. The van der Waals surface area contributed by atoms with E-state index in [1.165, 1.54) is 5.56 Å². The third-order valence-corrected chi connectivity index (χ3v) is 7.47. The van der Waals surface area contributed by atoms with Crippen LogP contribution in [0.4, 0.5) is 10.5 Å². The molecule has 172 valence electrons. The van der Waals surface area contributed by atoms with Gasteiger partial charge in [-0.1, -0.05) is 61.3 Å². The SMILES string of the molecule is CC(C)C(C[NH+]1CCN(Cc2ccc(Cl)c(Cl)c2)CC1)N1CCN(c2ccccc2)C1=O. The molecule has 5 nitrogen and oxygen atoms in total. The van der Waals surface area contributed by atoms with Gasteiger partial charge >= 0.3 is 6.03 Å². The molecular formula is C25H33Cl2N4O+. The number of benzene rings is 2. The van der Waals surface area contributed by atoms with Gasteiger partial charge in [-0.05, 0) is 35.7 Å². The second-order valence-corrected chi connectivity index (χ2v) is 10.1. The van der Waals surface area contributed by atoms with Crippen LogP contribution in [0, 0.1) is 5.92 Å². The Hall–Kier alpha value is -1.79. The number of urea groups is 1. The van der Waals surface area contributed by atoms with Crippen LogP contribution in [0.1, 0.15) is 19.4 Å². The van der Waals surface area contributed by atoms with E-state index < -0.39 is 0 Å². The lowest BCUT2D eigenvalue weighted by Crippen LogP contribution is -3.16. The van der Waals surface area contributed by atoms with E-state index in [-0.39, 0.29) is 12.1 Å². The maximum atomic E-state index is 13.2. The molecule has 0 radical (unpaired) electrons. The Balaban J connectivity index is 1.32. The topological polar surface area (TPSA) is 31.2 Å². The van der Waals surface area contributed by atoms with Crippen molar-refractivity contribution in [2.75, 3.05) is 50.7 Å². The molecule has 2 aromatic carbocycles. The van der Waals surface area contributed by atoms with Crippen molar-refractivity contribution in [3.8, 4) is 0 Å². The Labute approximate surface area is 201 Å². The number of rotatable bonds is 7. The highest BCUT2D eigenvalue weighted by Crippen LogP contribution is 2.24. The van der Waals surface area contributed by atoms with Gasteiger partial charge in [0, 0.05) is 38.4 Å². The molecule has 1 N–H and O–H groups in total. The number of nitrogens with zero attached hydrogens (tertiary/aromatic N) is 3. The van der Waals surface area contributed by atoms with Gasteiger partial charge in [0.15, 0.2) is 0 Å². The van der Waals surface area contributed by atoms with Crippen molar-refractivity contribution < 1.29 is 9.69 Å². The van der Waals surface area contributed by atoms with E-state index >= 15 is 0 Å². The second-order valence-electron chi connectivity index (χ2n) is 9.25. The summed E-state index contributed by atoms with van der Waals surface area (Å²) in [6, 6.07) is 16.3.